The SMILES string of the molecule is CN1C(=O)[C@@H](Oc2ccc(F)cc2)[C@H]1C(=O)N1CCOCC1. The summed E-state index contributed by atoms with van der Waals surface area (Å²) < 4.78 is 23.7. The maximum absolute atomic E-state index is 12.9. The van der Waals surface area contributed by atoms with Crippen molar-refractivity contribution in [3.05, 3.63) is 30.1 Å². The summed E-state index contributed by atoms with van der Waals surface area (Å²) in [6.07, 6.45) is -0.856. The summed E-state index contributed by atoms with van der Waals surface area (Å²) >= 11 is 0. The van der Waals surface area contributed by atoms with Crippen molar-refractivity contribution in [1.82, 2.24) is 9.80 Å². The Morgan fingerprint density at radius 2 is 1.91 bits per heavy atom. The van der Waals surface area contributed by atoms with Gasteiger partial charge in [-0.1, -0.05) is 0 Å². The van der Waals surface area contributed by atoms with E-state index < -0.39 is 12.1 Å². The summed E-state index contributed by atoms with van der Waals surface area (Å²) in [5, 5.41) is 0. The highest BCUT2D eigenvalue weighted by Crippen LogP contribution is 2.26. The summed E-state index contributed by atoms with van der Waals surface area (Å²) in [5.74, 6) is -0.411. The number of β-lactam (4-membered cyclic amide) rings is 1. The van der Waals surface area contributed by atoms with Crippen LogP contribution in [0, 0.1) is 5.82 Å². The van der Waals surface area contributed by atoms with Gasteiger partial charge < -0.3 is 19.3 Å². The van der Waals surface area contributed by atoms with Crippen molar-refractivity contribution in [1.29, 1.82) is 0 Å². The van der Waals surface area contributed by atoms with Crippen LogP contribution in [0.5, 0.6) is 5.75 Å². The molecule has 2 atom stereocenters. The Labute approximate surface area is 127 Å². The predicted octanol–water partition coefficient (Wildman–Crippen LogP) is 0.272. The molecule has 0 aromatic heterocycles. The lowest BCUT2D eigenvalue weighted by Crippen LogP contribution is -2.71. The number of amides is 2. The Balaban J connectivity index is 1.70. The van der Waals surface area contributed by atoms with Crippen molar-refractivity contribution in [3.63, 3.8) is 0 Å². The Hall–Kier alpha value is -2.15. The number of hydrogen-bond donors (Lipinski definition) is 0. The monoisotopic (exact) mass is 308 g/mol. The van der Waals surface area contributed by atoms with Crippen LogP contribution in [0.15, 0.2) is 24.3 Å². The van der Waals surface area contributed by atoms with Crippen LogP contribution in [0.2, 0.25) is 0 Å². The molecule has 0 aliphatic carbocycles. The lowest BCUT2D eigenvalue weighted by Gasteiger charge is -2.45. The number of nitrogens with zero attached hydrogens (tertiary/aromatic N) is 2. The molecule has 1 aromatic carbocycles. The summed E-state index contributed by atoms with van der Waals surface area (Å²) in [7, 11) is 1.58. The smallest absolute Gasteiger partial charge is 0.266 e. The van der Waals surface area contributed by atoms with Gasteiger partial charge >= 0.3 is 0 Å². The summed E-state index contributed by atoms with van der Waals surface area (Å²) in [4.78, 5) is 27.5. The number of carbonyl (C=O) groups excluding carboxylic acids is 2. The minimum Gasteiger partial charge on any atom is -0.478 e. The lowest BCUT2D eigenvalue weighted by molar-refractivity contribution is -0.172. The van der Waals surface area contributed by atoms with E-state index in [4.69, 9.17) is 9.47 Å². The highest BCUT2D eigenvalue weighted by atomic mass is 19.1. The van der Waals surface area contributed by atoms with Crippen molar-refractivity contribution in [3.8, 4) is 5.75 Å². The quantitative estimate of drug-likeness (QED) is 0.752. The van der Waals surface area contributed by atoms with E-state index in [1.807, 2.05) is 0 Å². The third kappa shape index (κ3) is 2.64. The van der Waals surface area contributed by atoms with Gasteiger partial charge in [-0.3, -0.25) is 9.59 Å². The molecule has 2 saturated heterocycles. The molecule has 0 N–H and O–H groups in total. The van der Waals surface area contributed by atoms with E-state index in [1.54, 1.807) is 11.9 Å². The second-order valence-electron chi connectivity index (χ2n) is 5.32. The average molecular weight is 308 g/mol. The zero-order valence-corrected chi connectivity index (χ0v) is 12.2. The third-order valence-corrected chi connectivity index (χ3v) is 3.95. The van der Waals surface area contributed by atoms with Crippen molar-refractivity contribution >= 4 is 11.8 Å². The first-order valence-corrected chi connectivity index (χ1v) is 7.13. The van der Waals surface area contributed by atoms with Crippen LogP contribution in [0.25, 0.3) is 0 Å². The van der Waals surface area contributed by atoms with Gasteiger partial charge in [-0.05, 0) is 24.3 Å². The Morgan fingerprint density at radius 3 is 2.55 bits per heavy atom. The number of likely N-dealkylation sites (N-methyl/N-ethyl adjacent to an activating group) is 1. The fourth-order valence-corrected chi connectivity index (χ4v) is 2.63. The van der Waals surface area contributed by atoms with Gasteiger partial charge in [-0.2, -0.15) is 0 Å². The van der Waals surface area contributed by atoms with E-state index in [2.05, 4.69) is 0 Å². The van der Waals surface area contributed by atoms with Gasteiger partial charge in [-0.25, -0.2) is 4.39 Å². The summed E-state index contributed by atoms with van der Waals surface area (Å²) in [6.45, 7) is 2.03. The molecule has 0 radical (unpaired) electrons. The predicted molar refractivity (Wildman–Crippen MR) is 74.8 cm³/mol. The van der Waals surface area contributed by atoms with Crippen LogP contribution < -0.4 is 4.74 Å². The standard InChI is InChI=1S/C15H17FN2O4/c1-17-12(14(19)18-6-8-21-9-7-18)13(15(17)20)22-11-4-2-10(16)3-5-11/h2-5,12-13H,6-9H2,1H3/t12-,13-/m0/s1. The Morgan fingerprint density at radius 1 is 1.27 bits per heavy atom. The highest BCUT2D eigenvalue weighted by Gasteiger charge is 2.52. The number of ether oxygens (including phenoxy) is 2. The molecule has 2 fully saturated rings. The number of rotatable bonds is 3. The maximum atomic E-state index is 12.9. The van der Waals surface area contributed by atoms with Gasteiger partial charge in [-0.15, -0.1) is 0 Å². The molecule has 0 bridgehead atoms. The lowest BCUT2D eigenvalue weighted by atomic mass is 9.97. The molecular formula is C15H17FN2O4. The number of hydrogen-bond acceptors (Lipinski definition) is 4. The van der Waals surface area contributed by atoms with E-state index in [0.717, 1.165) is 0 Å². The number of morpholine rings is 1. The van der Waals surface area contributed by atoms with Crippen LogP contribution in [0.1, 0.15) is 0 Å². The molecule has 0 spiro atoms. The van der Waals surface area contributed by atoms with E-state index >= 15 is 0 Å². The zero-order chi connectivity index (χ0) is 15.7. The van der Waals surface area contributed by atoms with Crippen LogP contribution in [0.3, 0.4) is 0 Å². The van der Waals surface area contributed by atoms with E-state index in [9.17, 15) is 14.0 Å². The molecule has 1 aromatic rings. The molecular weight excluding hydrogens is 291 g/mol. The first-order valence-electron chi connectivity index (χ1n) is 7.13. The second-order valence-corrected chi connectivity index (χ2v) is 5.32. The summed E-state index contributed by atoms with van der Waals surface area (Å²) in [6, 6.07) is 4.74. The van der Waals surface area contributed by atoms with E-state index in [0.29, 0.717) is 32.1 Å². The van der Waals surface area contributed by atoms with Gasteiger partial charge in [0.15, 0.2) is 6.04 Å². The molecule has 2 aliphatic rings. The Bertz CT molecular complexity index is 571. The molecule has 7 heteroatoms. The van der Waals surface area contributed by atoms with Gasteiger partial charge in [0.1, 0.15) is 11.6 Å². The van der Waals surface area contributed by atoms with Crippen LogP contribution >= 0.6 is 0 Å². The first-order chi connectivity index (χ1) is 10.6. The number of carbonyl (C=O) groups is 2. The van der Waals surface area contributed by atoms with Gasteiger partial charge in [0.2, 0.25) is 12.0 Å². The minimum absolute atomic E-state index is 0.141. The molecule has 2 heterocycles. The normalized spacial score (nSPS) is 24.9. The molecule has 118 valence electrons. The fourth-order valence-electron chi connectivity index (χ4n) is 2.63. The van der Waals surface area contributed by atoms with Crippen molar-refractivity contribution in [2.24, 2.45) is 0 Å². The second kappa shape index (κ2) is 5.92. The number of likely N-dealkylation sites (tertiary alicyclic amines) is 1. The van der Waals surface area contributed by atoms with Gasteiger partial charge in [0, 0.05) is 20.1 Å². The van der Waals surface area contributed by atoms with Gasteiger partial charge in [0.05, 0.1) is 13.2 Å². The summed E-state index contributed by atoms with van der Waals surface area (Å²) in [5.41, 5.74) is 0. The molecule has 0 unspecified atom stereocenters. The number of benzene rings is 1. The number of halogens is 1. The van der Waals surface area contributed by atoms with Crippen LogP contribution in [-0.2, 0) is 14.3 Å². The minimum atomic E-state index is -0.856. The highest BCUT2D eigenvalue weighted by molar-refractivity contribution is 6.01. The molecule has 6 nitrogen and oxygen atoms in total. The van der Waals surface area contributed by atoms with Crippen LogP contribution in [0.4, 0.5) is 4.39 Å². The zero-order valence-electron chi connectivity index (χ0n) is 12.2. The molecule has 22 heavy (non-hydrogen) atoms. The Kier molecular flexibility index (Phi) is 3.98. The molecule has 0 saturated carbocycles. The topological polar surface area (TPSA) is 59.1 Å². The maximum Gasteiger partial charge on any atom is 0.266 e. The fraction of sp³-hybridized carbons (Fsp3) is 0.467. The van der Waals surface area contributed by atoms with Crippen molar-refractivity contribution in [2.45, 2.75) is 12.1 Å². The molecule has 2 aliphatic heterocycles. The average Bonchev–Trinajstić information content (AvgIpc) is 2.56. The largest absolute Gasteiger partial charge is 0.478 e. The molecule has 3 rings (SSSR count). The van der Waals surface area contributed by atoms with Gasteiger partial charge in [0.25, 0.3) is 5.91 Å². The van der Waals surface area contributed by atoms with Crippen LogP contribution in [-0.4, -0.2) is 67.1 Å². The van der Waals surface area contributed by atoms with Crippen molar-refractivity contribution in [2.75, 3.05) is 33.4 Å². The first kappa shape index (κ1) is 14.8. The van der Waals surface area contributed by atoms with E-state index in [1.165, 1.54) is 29.2 Å². The van der Waals surface area contributed by atoms with Crippen molar-refractivity contribution < 1.29 is 23.5 Å². The molecule has 2 amide bonds. The third-order valence-electron chi connectivity index (χ3n) is 3.95. The van der Waals surface area contributed by atoms with E-state index in [-0.39, 0.29) is 17.6 Å².